The van der Waals surface area contributed by atoms with Gasteiger partial charge in [-0.1, -0.05) is 12.1 Å². The Labute approximate surface area is 245 Å². The Morgan fingerprint density at radius 3 is 1.86 bits per heavy atom. The summed E-state index contributed by atoms with van der Waals surface area (Å²) in [5.74, 6) is -2.96. The van der Waals surface area contributed by atoms with Crippen molar-refractivity contribution >= 4 is 24.1 Å². The summed E-state index contributed by atoms with van der Waals surface area (Å²) in [7, 11) is 0. The second kappa shape index (κ2) is 15.7. The van der Waals surface area contributed by atoms with E-state index in [1.807, 2.05) is 0 Å². The molecule has 8 N–H and O–H groups in total. The summed E-state index contributed by atoms with van der Waals surface area (Å²) >= 11 is 0. The molecule has 1 saturated heterocycles. The highest BCUT2D eigenvalue weighted by Crippen LogP contribution is 2.27. The molecule has 5 unspecified atom stereocenters. The van der Waals surface area contributed by atoms with Crippen LogP contribution in [0.4, 0.5) is 0 Å². The van der Waals surface area contributed by atoms with Gasteiger partial charge in [-0.05, 0) is 59.2 Å². The number of phenols is 4. The van der Waals surface area contributed by atoms with Gasteiger partial charge in [-0.15, -0.1) is 0 Å². The fourth-order valence-corrected chi connectivity index (χ4v) is 3.67. The number of carbonyl (C=O) groups is 2. The number of hydrogen-bond acceptors (Lipinski definition) is 14. The van der Waals surface area contributed by atoms with E-state index >= 15 is 0 Å². The SMILES string of the molecule is O=C(C=Cc1ccc(O)c(O)c1)OCC=C(CO)COC1OC(COC(=O)C=Cc2ccc(O)c(O)c2)C(O)C(O)C1O. The van der Waals surface area contributed by atoms with E-state index in [0.717, 1.165) is 12.2 Å². The lowest BCUT2D eigenvalue weighted by atomic mass is 9.99. The van der Waals surface area contributed by atoms with Crippen molar-refractivity contribution in [1.29, 1.82) is 0 Å². The molecule has 2 aromatic carbocycles. The van der Waals surface area contributed by atoms with Gasteiger partial charge >= 0.3 is 11.9 Å². The molecule has 0 aromatic heterocycles. The molecule has 0 amide bonds. The summed E-state index contributed by atoms with van der Waals surface area (Å²) < 4.78 is 21.0. The minimum absolute atomic E-state index is 0.227. The van der Waals surface area contributed by atoms with Crippen molar-refractivity contribution in [1.82, 2.24) is 0 Å². The molecule has 14 heteroatoms. The number of aliphatic hydroxyl groups is 4. The quantitative estimate of drug-likeness (QED) is 0.0693. The molecule has 0 bridgehead atoms. The minimum Gasteiger partial charge on any atom is -0.504 e. The van der Waals surface area contributed by atoms with Gasteiger partial charge in [0.05, 0.1) is 13.2 Å². The zero-order valence-electron chi connectivity index (χ0n) is 22.6. The van der Waals surface area contributed by atoms with Crippen LogP contribution in [-0.4, -0.2) is 110 Å². The maximum Gasteiger partial charge on any atom is 0.331 e. The molecular formula is C29H32O14. The lowest BCUT2D eigenvalue weighted by Gasteiger charge is -2.40. The predicted molar refractivity (Wildman–Crippen MR) is 147 cm³/mol. The van der Waals surface area contributed by atoms with Crippen molar-refractivity contribution in [2.45, 2.75) is 30.7 Å². The number of esters is 2. The van der Waals surface area contributed by atoms with Crippen LogP contribution in [0.2, 0.25) is 0 Å². The lowest BCUT2D eigenvalue weighted by Crippen LogP contribution is -2.59. The van der Waals surface area contributed by atoms with Crippen LogP contribution in [0.25, 0.3) is 12.2 Å². The van der Waals surface area contributed by atoms with Gasteiger partial charge in [-0.2, -0.15) is 0 Å². The highest BCUT2D eigenvalue weighted by atomic mass is 16.7. The molecule has 14 nitrogen and oxygen atoms in total. The third-order valence-electron chi connectivity index (χ3n) is 6.11. The average Bonchev–Trinajstić information content (AvgIpc) is 2.99. The van der Waals surface area contributed by atoms with Crippen LogP contribution in [0.3, 0.4) is 0 Å². The topological polar surface area (TPSA) is 233 Å². The van der Waals surface area contributed by atoms with E-state index < -0.39 is 55.9 Å². The standard InChI is InChI=1S/C29H32O14/c30-13-18(9-10-40-24(35)7-3-16-1-5-19(31)21(33)11-16)14-42-29-28(39)27(38)26(37)23(43-29)15-41-25(36)8-4-17-2-6-20(32)22(34)12-17/h1-9,11-12,23,26-34,37-39H,10,13-15H2. The van der Waals surface area contributed by atoms with Gasteiger partial charge < -0.3 is 59.8 Å². The maximum atomic E-state index is 12.1. The third-order valence-corrected chi connectivity index (χ3v) is 6.11. The van der Waals surface area contributed by atoms with Crippen LogP contribution in [0.5, 0.6) is 23.0 Å². The first-order chi connectivity index (χ1) is 20.5. The number of rotatable bonds is 12. The Hall–Kier alpha value is -4.44. The zero-order valence-corrected chi connectivity index (χ0v) is 22.6. The molecule has 43 heavy (non-hydrogen) atoms. The summed E-state index contributed by atoms with van der Waals surface area (Å²) in [5.41, 5.74) is 1.05. The lowest BCUT2D eigenvalue weighted by molar-refractivity contribution is -0.299. The molecule has 0 saturated carbocycles. The van der Waals surface area contributed by atoms with E-state index in [1.165, 1.54) is 54.6 Å². The van der Waals surface area contributed by atoms with E-state index in [0.29, 0.717) is 11.1 Å². The largest absolute Gasteiger partial charge is 0.504 e. The summed E-state index contributed by atoms with van der Waals surface area (Å²) in [4.78, 5) is 24.0. The maximum absolute atomic E-state index is 12.1. The van der Waals surface area contributed by atoms with Crippen molar-refractivity contribution in [2.24, 2.45) is 0 Å². The second-order valence-electron chi connectivity index (χ2n) is 9.27. The normalized spacial score (nSPS) is 22.6. The number of hydrogen-bond donors (Lipinski definition) is 8. The van der Waals surface area contributed by atoms with Gasteiger partial charge in [-0.3, -0.25) is 0 Å². The summed E-state index contributed by atoms with van der Waals surface area (Å²) in [6, 6.07) is 7.86. The fraction of sp³-hybridized carbons (Fsp3) is 0.310. The van der Waals surface area contributed by atoms with Gasteiger partial charge in [0.1, 0.15) is 37.6 Å². The Bertz CT molecular complexity index is 1350. The Morgan fingerprint density at radius 1 is 0.767 bits per heavy atom. The first kappa shape index (κ1) is 33.1. The van der Waals surface area contributed by atoms with E-state index in [1.54, 1.807) is 0 Å². The van der Waals surface area contributed by atoms with E-state index in [9.17, 15) is 50.4 Å². The number of carbonyl (C=O) groups excluding carboxylic acids is 2. The van der Waals surface area contributed by atoms with Crippen molar-refractivity contribution in [3.8, 4) is 23.0 Å². The molecular weight excluding hydrogens is 572 g/mol. The Balaban J connectivity index is 1.48. The van der Waals surface area contributed by atoms with Crippen LogP contribution >= 0.6 is 0 Å². The second-order valence-corrected chi connectivity index (χ2v) is 9.27. The molecule has 1 aliphatic heterocycles. The van der Waals surface area contributed by atoms with Crippen molar-refractivity contribution in [3.05, 3.63) is 71.3 Å². The number of aliphatic hydroxyl groups excluding tert-OH is 4. The van der Waals surface area contributed by atoms with Gasteiger partial charge in [-0.25, -0.2) is 9.59 Å². The first-order valence-corrected chi connectivity index (χ1v) is 12.8. The number of ether oxygens (including phenoxy) is 4. The molecule has 0 aliphatic carbocycles. The predicted octanol–water partition coefficient (Wildman–Crippen LogP) is 0.0649. The van der Waals surface area contributed by atoms with Gasteiger partial charge in [0.15, 0.2) is 29.3 Å². The summed E-state index contributed by atoms with van der Waals surface area (Å²) in [6.45, 7) is -1.62. The molecule has 5 atom stereocenters. The van der Waals surface area contributed by atoms with Crippen molar-refractivity contribution in [2.75, 3.05) is 26.4 Å². The van der Waals surface area contributed by atoms with Gasteiger partial charge in [0.25, 0.3) is 0 Å². The monoisotopic (exact) mass is 604 g/mol. The summed E-state index contributed by atoms with van der Waals surface area (Å²) in [6.07, 6.45) is -1.69. The molecule has 3 rings (SSSR count). The van der Waals surface area contributed by atoms with Gasteiger partial charge in [0.2, 0.25) is 0 Å². The molecule has 1 aliphatic rings. The fourth-order valence-electron chi connectivity index (χ4n) is 3.67. The Kier molecular flexibility index (Phi) is 12.1. The van der Waals surface area contributed by atoms with Crippen LogP contribution in [-0.2, 0) is 28.5 Å². The van der Waals surface area contributed by atoms with Crippen molar-refractivity contribution < 1.29 is 69.4 Å². The number of phenolic OH excluding ortho intramolecular Hbond substituents is 4. The van der Waals surface area contributed by atoms with E-state index in [-0.39, 0.29) is 41.8 Å². The minimum atomic E-state index is -1.72. The third kappa shape index (κ3) is 9.82. The van der Waals surface area contributed by atoms with E-state index in [4.69, 9.17) is 18.9 Å². The summed E-state index contributed by atoms with van der Waals surface area (Å²) in [5, 5.41) is 78.0. The highest BCUT2D eigenvalue weighted by Gasteiger charge is 2.44. The molecule has 0 radical (unpaired) electrons. The first-order valence-electron chi connectivity index (χ1n) is 12.8. The zero-order chi connectivity index (χ0) is 31.5. The van der Waals surface area contributed by atoms with Crippen LogP contribution < -0.4 is 0 Å². The van der Waals surface area contributed by atoms with Crippen LogP contribution in [0.1, 0.15) is 11.1 Å². The molecule has 2 aromatic rings. The smallest absolute Gasteiger partial charge is 0.331 e. The van der Waals surface area contributed by atoms with Crippen molar-refractivity contribution in [3.63, 3.8) is 0 Å². The molecule has 1 heterocycles. The molecule has 232 valence electrons. The van der Waals surface area contributed by atoms with Crippen LogP contribution in [0.15, 0.2) is 60.2 Å². The molecule has 1 fully saturated rings. The molecule has 0 spiro atoms. The Morgan fingerprint density at radius 2 is 1.33 bits per heavy atom. The van der Waals surface area contributed by atoms with E-state index in [2.05, 4.69) is 0 Å². The van der Waals surface area contributed by atoms with Crippen LogP contribution in [0, 0.1) is 0 Å². The number of benzene rings is 2. The van der Waals surface area contributed by atoms with Gasteiger partial charge in [0, 0.05) is 12.2 Å². The average molecular weight is 605 g/mol. The highest BCUT2D eigenvalue weighted by molar-refractivity contribution is 5.87. The number of aromatic hydroxyl groups is 4.